The fraction of sp³-hybridized carbons (Fsp3) is 0.667. The van der Waals surface area contributed by atoms with Gasteiger partial charge in [-0.25, -0.2) is 4.98 Å². The van der Waals surface area contributed by atoms with E-state index in [-0.39, 0.29) is 6.04 Å². The first-order valence-corrected chi connectivity index (χ1v) is 5.60. The van der Waals surface area contributed by atoms with E-state index in [9.17, 15) is 0 Å². The van der Waals surface area contributed by atoms with E-state index in [1.54, 1.807) is 11.3 Å². The number of hydrogen-bond donors (Lipinski definition) is 1. The molecule has 1 aliphatic rings. The molecule has 1 aromatic heterocycles. The summed E-state index contributed by atoms with van der Waals surface area (Å²) in [6, 6.07) is 0.635. The van der Waals surface area contributed by atoms with Gasteiger partial charge in [-0.1, -0.05) is 6.92 Å². The monoisotopic (exact) mass is 197 g/mol. The highest BCUT2D eigenvalue weighted by Crippen LogP contribution is 2.31. The Balaban J connectivity index is 2.20. The van der Waals surface area contributed by atoms with Gasteiger partial charge in [0.2, 0.25) is 0 Å². The number of likely N-dealkylation sites (N-methyl/N-ethyl adjacent to an activating group) is 1. The van der Waals surface area contributed by atoms with Crippen LogP contribution in [0, 0.1) is 0 Å². The van der Waals surface area contributed by atoms with Gasteiger partial charge < -0.3 is 5.73 Å². The van der Waals surface area contributed by atoms with E-state index in [4.69, 9.17) is 5.73 Å². The van der Waals surface area contributed by atoms with Gasteiger partial charge in [-0.3, -0.25) is 4.90 Å². The first-order valence-electron chi connectivity index (χ1n) is 4.72. The maximum absolute atomic E-state index is 6.06. The number of likely N-dealkylation sites (tertiary alicyclic amines) is 1. The molecule has 1 fully saturated rings. The van der Waals surface area contributed by atoms with Crippen molar-refractivity contribution in [3.05, 3.63) is 16.6 Å². The van der Waals surface area contributed by atoms with Crippen LogP contribution in [0.2, 0.25) is 0 Å². The first-order chi connectivity index (χ1) is 6.33. The molecule has 1 aromatic rings. The van der Waals surface area contributed by atoms with Crippen molar-refractivity contribution in [2.45, 2.75) is 25.4 Å². The SMILES string of the molecule is CCN1CCC(N)C1c1nccs1. The Kier molecular flexibility index (Phi) is 2.62. The van der Waals surface area contributed by atoms with Crippen LogP contribution in [0.3, 0.4) is 0 Å². The Morgan fingerprint density at radius 2 is 2.62 bits per heavy atom. The zero-order valence-electron chi connectivity index (χ0n) is 7.81. The highest BCUT2D eigenvalue weighted by molar-refractivity contribution is 7.09. The summed E-state index contributed by atoms with van der Waals surface area (Å²) < 4.78 is 0. The summed E-state index contributed by atoms with van der Waals surface area (Å²) >= 11 is 1.71. The molecule has 0 amide bonds. The van der Waals surface area contributed by atoms with Crippen molar-refractivity contribution in [2.24, 2.45) is 5.73 Å². The molecule has 2 N–H and O–H groups in total. The lowest BCUT2D eigenvalue weighted by molar-refractivity contribution is 0.260. The molecule has 0 radical (unpaired) electrons. The number of rotatable bonds is 2. The Hall–Kier alpha value is -0.450. The maximum atomic E-state index is 6.06. The van der Waals surface area contributed by atoms with Crippen LogP contribution in [0.5, 0.6) is 0 Å². The van der Waals surface area contributed by atoms with Crippen molar-refractivity contribution in [1.29, 1.82) is 0 Å². The predicted molar refractivity (Wildman–Crippen MR) is 54.7 cm³/mol. The third-order valence-electron chi connectivity index (χ3n) is 2.66. The molecule has 0 bridgehead atoms. The molecule has 4 heteroatoms. The van der Waals surface area contributed by atoms with Crippen LogP contribution in [0.4, 0.5) is 0 Å². The molecule has 0 saturated carbocycles. The van der Waals surface area contributed by atoms with Gasteiger partial charge in [0.25, 0.3) is 0 Å². The Morgan fingerprint density at radius 3 is 3.23 bits per heavy atom. The normalized spacial score (nSPS) is 29.7. The minimum Gasteiger partial charge on any atom is -0.326 e. The number of aromatic nitrogens is 1. The summed E-state index contributed by atoms with van der Waals surface area (Å²) in [6.45, 7) is 4.36. The van der Waals surface area contributed by atoms with Gasteiger partial charge in [-0.05, 0) is 13.0 Å². The molecule has 13 heavy (non-hydrogen) atoms. The predicted octanol–water partition coefficient (Wildman–Crippen LogP) is 1.24. The highest BCUT2D eigenvalue weighted by atomic mass is 32.1. The lowest BCUT2D eigenvalue weighted by atomic mass is 10.1. The number of nitrogens with zero attached hydrogens (tertiary/aromatic N) is 2. The first kappa shape index (κ1) is 9.12. The van der Waals surface area contributed by atoms with E-state index in [1.807, 2.05) is 11.6 Å². The fourth-order valence-electron chi connectivity index (χ4n) is 1.96. The zero-order valence-corrected chi connectivity index (χ0v) is 8.63. The smallest absolute Gasteiger partial charge is 0.111 e. The van der Waals surface area contributed by atoms with Gasteiger partial charge in [0.15, 0.2) is 0 Å². The van der Waals surface area contributed by atoms with Gasteiger partial charge in [0, 0.05) is 24.2 Å². The van der Waals surface area contributed by atoms with Crippen molar-refractivity contribution in [2.75, 3.05) is 13.1 Å². The van der Waals surface area contributed by atoms with Gasteiger partial charge in [-0.15, -0.1) is 11.3 Å². The summed E-state index contributed by atoms with van der Waals surface area (Å²) in [4.78, 5) is 6.75. The molecule has 2 heterocycles. The summed E-state index contributed by atoms with van der Waals surface area (Å²) in [5.41, 5.74) is 6.06. The minimum absolute atomic E-state index is 0.270. The largest absolute Gasteiger partial charge is 0.326 e. The van der Waals surface area contributed by atoms with Crippen molar-refractivity contribution in [3.63, 3.8) is 0 Å². The standard InChI is InChI=1S/C9H15N3S/c1-2-12-5-3-7(10)8(12)9-11-4-6-13-9/h4,6-8H,2-3,5,10H2,1H3. The molecule has 1 aliphatic heterocycles. The lowest BCUT2D eigenvalue weighted by Gasteiger charge is -2.22. The molecule has 2 atom stereocenters. The summed E-state index contributed by atoms with van der Waals surface area (Å²) in [5, 5.41) is 3.20. The Bertz CT molecular complexity index is 260. The Labute approximate surface area is 82.6 Å². The van der Waals surface area contributed by atoms with E-state index < -0.39 is 0 Å². The molecule has 2 rings (SSSR count). The number of hydrogen-bond acceptors (Lipinski definition) is 4. The number of thiazole rings is 1. The van der Waals surface area contributed by atoms with Crippen LogP contribution < -0.4 is 5.73 Å². The van der Waals surface area contributed by atoms with Crippen LogP contribution in [0.25, 0.3) is 0 Å². The second kappa shape index (κ2) is 3.74. The molecular formula is C9H15N3S. The third kappa shape index (κ3) is 1.61. The molecule has 0 aliphatic carbocycles. The molecule has 0 aromatic carbocycles. The van der Waals surface area contributed by atoms with Crippen molar-refractivity contribution < 1.29 is 0 Å². The van der Waals surface area contributed by atoms with Gasteiger partial charge in [0.1, 0.15) is 5.01 Å². The van der Waals surface area contributed by atoms with Crippen LogP contribution in [0.15, 0.2) is 11.6 Å². The maximum Gasteiger partial charge on any atom is 0.111 e. The number of nitrogens with two attached hydrogens (primary N) is 1. The summed E-state index contributed by atoms with van der Waals surface area (Å²) in [7, 11) is 0. The van der Waals surface area contributed by atoms with E-state index in [2.05, 4.69) is 16.8 Å². The zero-order chi connectivity index (χ0) is 9.26. The summed E-state index contributed by atoms with van der Waals surface area (Å²) in [6.07, 6.45) is 2.96. The molecule has 1 saturated heterocycles. The third-order valence-corrected chi connectivity index (χ3v) is 3.51. The van der Waals surface area contributed by atoms with Crippen LogP contribution in [0.1, 0.15) is 24.4 Å². The lowest BCUT2D eigenvalue weighted by Crippen LogP contribution is -2.31. The molecule has 2 unspecified atom stereocenters. The fourth-order valence-corrected chi connectivity index (χ4v) is 2.80. The van der Waals surface area contributed by atoms with Gasteiger partial charge in [0.05, 0.1) is 6.04 Å². The second-order valence-electron chi connectivity index (χ2n) is 3.40. The molecule has 3 nitrogen and oxygen atoms in total. The average molecular weight is 197 g/mol. The summed E-state index contributed by atoms with van der Waals surface area (Å²) in [5.74, 6) is 0. The van der Waals surface area contributed by atoms with Crippen molar-refractivity contribution in [1.82, 2.24) is 9.88 Å². The molecule has 0 spiro atoms. The van der Waals surface area contributed by atoms with Crippen molar-refractivity contribution >= 4 is 11.3 Å². The van der Waals surface area contributed by atoms with Gasteiger partial charge >= 0.3 is 0 Å². The van der Waals surface area contributed by atoms with E-state index >= 15 is 0 Å². The van der Waals surface area contributed by atoms with Crippen molar-refractivity contribution in [3.8, 4) is 0 Å². The average Bonchev–Trinajstić information content (AvgIpc) is 2.72. The second-order valence-corrected chi connectivity index (χ2v) is 4.32. The van der Waals surface area contributed by atoms with Crippen LogP contribution >= 0.6 is 11.3 Å². The quantitative estimate of drug-likeness (QED) is 0.775. The highest BCUT2D eigenvalue weighted by Gasteiger charge is 2.33. The van der Waals surface area contributed by atoms with Crippen LogP contribution in [-0.2, 0) is 0 Å². The Morgan fingerprint density at radius 1 is 1.77 bits per heavy atom. The van der Waals surface area contributed by atoms with E-state index in [1.165, 1.54) is 5.01 Å². The van der Waals surface area contributed by atoms with E-state index in [0.717, 1.165) is 19.5 Å². The minimum atomic E-state index is 0.270. The topological polar surface area (TPSA) is 42.1 Å². The van der Waals surface area contributed by atoms with Crippen LogP contribution in [-0.4, -0.2) is 29.0 Å². The molecule has 72 valence electrons. The molecular weight excluding hydrogens is 182 g/mol. The van der Waals surface area contributed by atoms with Gasteiger partial charge in [-0.2, -0.15) is 0 Å². The van der Waals surface area contributed by atoms with E-state index in [0.29, 0.717) is 6.04 Å².